The van der Waals surface area contributed by atoms with Crippen LogP contribution in [0.2, 0.25) is 0 Å². The van der Waals surface area contributed by atoms with Crippen molar-refractivity contribution in [1.82, 2.24) is 9.71 Å². The van der Waals surface area contributed by atoms with Crippen LogP contribution in [0.4, 0.5) is 0 Å². The second kappa shape index (κ2) is 6.35. The van der Waals surface area contributed by atoms with Gasteiger partial charge in [-0.25, -0.2) is 9.78 Å². The maximum Gasteiger partial charge on any atom is 0.360 e. The van der Waals surface area contributed by atoms with Gasteiger partial charge in [-0.15, -0.1) is 0 Å². The molecule has 0 saturated carbocycles. The fourth-order valence-corrected chi connectivity index (χ4v) is 1.75. The molecule has 0 aliphatic carbocycles. The topological polar surface area (TPSA) is 119 Å². The molecule has 2 N–H and O–H groups in total. The molecule has 0 fully saturated rings. The zero-order valence-electron chi connectivity index (χ0n) is 11.7. The molecule has 0 aromatic carbocycles. The summed E-state index contributed by atoms with van der Waals surface area (Å²) in [4.78, 5) is 20.8. The van der Waals surface area contributed by atoms with Gasteiger partial charge in [-0.2, -0.15) is 4.73 Å². The van der Waals surface area contributed by atoms with Crippen molar-refractivity contribution in [2.75, 3.05) is 13.2 Å². The number of nitrogens with one attached hydrogen (secondary N) is 1. The Bertz CT molecular complexity index is 625. The van der Waals surface area contributed by atoms with E-state index in [-0.39, 0.29) is 18.0 Å². The van der Waals surface area contributed by atoms with Crippen LogP contribution in [0.5, 0.6) is 0 Å². The molecule has 0 saturated heterocycles. The van der Waals surface area contributed by atoms with Crippen molar-refractivity contribution in [3.8, 4) is 0 Å². The predicted molar refractivity (Wildman–Crippen MR) is 68.9 cm³/mol. The van der Waals surface area contributed by atoms with Crippen molar-refractivity contribution < 1.29 is 24.3 Å². The smallest absolute Gasteiger partial charge is 0.360 e. The molecule has 2 heterocycles. The van der Waals surface area contributed by atoms with Gasteiger partial charge in [-0.3, -0.25) is 5.41 Å². The summed E-state index contributed by atoms with van der Waals surface area (Å²) in [6.45, 7) is 4.09. The Hall–Kier alpha value is -2.42. The molecule has 0 bridgehead atoms. The van der Waals surface area contributed by atoms with E-state index >= 15 is 0 Å². The van der Waals surface area contributed by atoms with Crippen LogP contribution in [0.3, 0.4) is 0 Å². The molecule has 114 valence electrons. The Balaban J connectivity index is 2.30. The van der Waals surface area contributed by atoms with E-state index in [0.717, 1.165) is 0 Å². The molecule has 2 rings (SSSR count). The maximum absolute atomic E-state index is 11.7. The Labute approximate surface area is 120 Å². The number of esters is 1. The highest BCUT2D eigenvalue weighted by atomic mass is 16.8. The van der Waals surface area contributed by atoms with Crippen molar-refractivity contribution in [1.29, 1.82) is 5.41 Å². The normalized spacial score (nSPS) is 17.2. The average Bonchev–Trinajstić information content (AvgIpc) is 2.91. The van der Waals surface area contributed by atoms with Gasteiger partial charge in [0.1, 0.15) is 11.4 Å². The second-order valence-corrected chi connectivity index (χ2v) is 4.12. The first-order valence-electron chi connectivity index (χ1n) is 6.46. The molecule has 21 heavy (non-hydrogen) atoms. The van der Waals surface area contributed by atoms with Crippen LogP contribution in [0.15, 0.2) is 11.4 Å². The number of ether oxygens (including phenoxy) is 2. The first-order chi connectivity index (χ1) is 10.1. The lowest BCUT2D eigenvalue weighted by atomic mass is 10.2. The van der Waals surface area contributed by atoms with Gasteiger partial charge < -0.3 is 19.5 Å². The van der Waals surface area contributed by atoms with Crippen LogP contribution in [-0.4, -0.2) is 46.1 Å². The lowest BCUT2D eigenvalue weighted by molar-refractivity contribution is -0.120. The summed E-state index contributed by atoms with van der Waals surface area (Å²) in [5.41, 5.74) is -0.113. The molecular weight excluding hydrogens is 280 g/mol. The van der Waals surface area contributed by atoms with E-state index in [1.54, 1.807) is 6.92 Å². The van der Waals surface area contributed by atoms with Crippen molar-refractivity contribution in [2.24, 2.45) is 5.16 Å². The molecule has 1 aromatic rings. The van der Waals surface area contributed by atoms with E-state index in [0.29, 0.717) is 23.5 Å². The van der Waals surface area contributed by atoms with E-state index < -0.39 is 17.7 Å². The highest BCUT2D eigenvalue weighted by molar-refractivity contribution is 6.00. The van der Waals surface area contributed by atoms with Crippen LogP contribution < -0.4 is 5.49 Å². The third-order valence-electron chi connectivity index (χ3n) is 2.69. The molecule has 1 aliphatic heterocycles. The van der Waals surface area contributed by atoms with Gasteiger partial charge in [0, 0.05) is 6.61 Å². The summed E-state index contributed by atoms with van der Waals surface area (Å²) in [5, 5.41) is 21.1. The number of hydrogen-bond acceptors (Lipinski definition) is 8. The number of nitrogens with zero attached hydrogens (tertiary/aromatic N) is 3. The van der Waals surface area contributed by atoms with Crippen LogP contribution >= 0.6 is 0 Å². The van der Waals surface area contributed by atoms with E-state index in [4.69, 9.17) is 19.7 Å². The molecule has 1 aliphatic rings. The van der Waals surface area contributed by atoms with Crippen LogP contribution in [-0.2, 0) is 14.3 Å². The first kappa shape index (κ1) is 15.0. The highest BCUT2D eigenvalue weighted by Gasteiger charge is 2.25. The number of oxime groups is 1. The molecule has 9 nitrogen and oxygen atoms in total. The molecule has 1 unspecified atom stereocenters. The minimum absolute atomic E-state index is 0.145. The third kappa shape index (κ3) is 3.19. The number of hydrogen-bond donors (Lipinski definition) is 2. The predicted octanol–water partition coefficient (Wildman–Crippen LogP) is 0.264. The molecule has 1 aromatic heterocycles. The van der Waals surface area contributed by atoms with Gasteiger partial charge in [0.15, 0.2) is 11.2 Å². The second-order valence-electron chi connectivity index (χ2n) is 4.12. The van der Waals surface area contributed by atoms with Crippen molar-refractivity contribution in [2.45, 2.75) is 26.6 Å². The minimum atomic E-state index is -0.784. The zero-order valence-corrected chi connectivity index (χ0v) is 11.7. The third-order valence-corrected chi connectivity index (χ3v) is 2.69. The number of rotatable bonds is 5. The van der Waals surface area contributed by atoms with Gasteiger partial charge in [0.25, 0.3) is 0 Å². The van der Waals surface area contributed by atoms with Gasteiger partial charge in [0.2, 0.25) is 6.29 Å². The lowest BCUT2D eigenvalue weighted by Gasteiger charge is -2.08. The molecule has 0 radical (unpaired) electrons. The first-order valence-corrected chi connectivity index (χ1v) is 6.46. The zero-order chi connectivity index (χ0) is 15.4. The number of carbonyl (C=O) groups is 1. The Kier molecular flexibility index (Phi) is 4.53. The monoisotopic (exact) mass is 296 g/mol. The Morgan fingerprint density at radius 1 is 1.57 bits per heavy atom. The summed E-state index contributed by atoms with van der Waals surface area (Å²) in [5.74, 6) is -0.784. The van der Waals surface area contributed by atoms with Crippen LogP contribution in [0.1, 0.15) is 36.5 Å². The summed E-state index contributed by atoms with van der Waals surface area (Å²) >= 11 is 0. The summed E-state index contributed by atoms with van der Waals surface area (Å²) < 4.78 is 10.6. The summed E-state index contributed by atoms with van der Waals surface area (Å²) in [6, 6.07) is 0. The summed E-state index contributed by atoms with van der Waals surface area (Å²) in [6.07, 6.45) is 1.00. The molecule has 9 heteroatoms. The quantitative estimate of drug-likeness (QED) is 0.594. The van der Waals surface area contributed by atoms with Crippen molar-refractivity contribution in [3.63, 3.8) is 0 Å². The van der Waals surface area contributed by atoms with E-state index in [2.05, 4.69) is 10.1 Å². The molecule has 0 spiro atoms. The van der Waals surface area contributed by atoms with Gasteiger partial charge in [-0.05, 0) is 13.8 Å². The SMILES string of the molecule is CCOC(=O)c1nc(C2=NOC(OCC)C2)cn(O)c1=N. The van der Waals surface area contributed by atoms with Crippen molar-refractivity contribution >= 4 is 11.7 Å². The fraction of sp³-hybridized carbons (Fsp3) is 0.500. The van der Waals surface area contributed by atoms with Gasteiger partial charge >= 0.3 is 5.97 Å². The lowest BCUT2D eigenvalue weighted by Crippen LogP contribution is -2.30. The maximum atomic E-state index is 11.7. The number of carbonyl (C=O) groups excluding carboxylic acids is 1. The number of aromatic nitrogens is 2. The van der Waals surface area contributed by atoms with Crippen LogP contribution in [0, 0.1) is 5.41 Å². The van der Waals surface area contributed by atoms with E-state index in [9.17, 15) is 10.0 Å². The molecule has 0 amide bonds. The average molecular weight is 296 g/mol. The Morgan fingerprint density at radius 2 is 2.33 bits per heavy atom. The summed E-state index contributed by atoms with van der Waals surface area (Å²) in [7, 11) is 0. The van der Waals surface area contributed by atoms with Crippen molar-refractivity contribution in [3.05, 3.63) is 23.1 Å². The van der Waals surface area contributed by atoms with Gasteiger partial charge in [-0.1, -0.05) is 5.16 Å². The van der Waals surface area contributed by atoms with E-state index in [1.165, 1.54) is 6.20 Å². The minimum Gasteiger partial charge on any atom is -0.461 e. The largest absolute Gasteiger partial charge is 0.461 e. The molecule has 1 atom stereocenters. The van der Waals surface area contributed by atoms with Gasteiger partial charge in [0.05, 0.1) is 19.2 Å². The standard InChI is InChI=1S/C12H16N4O5/c1-3-19-9-5-7(15-21-9)8-6-16(18)11(13)10(14-8)12(17)20-4-2/h6,9,13,18H,3-5H2,1-2H3. The Morgan fingerprint density at radius 3 is 3.00 bits per heavy atom. The van der Waals surface area contributed by atoms with E-state index in [1.807, 2.05) is 6.92 Å². The molecular formula is C12H16N4O5. The van der Waals surface area contributed by atoms with Crippen LogP contribution in [0.25, 0.3) is 0 Å². The fourth-order valence-electron chi connectivity index (χ4n) is 1.75. The highest BCUT2D eigenvalue weighted by Crippen LogP contribution is 2.15.